The van der Waals surface area contributed by atoms with E-state index in [-0.39, 0.29) is 0 Å². The Morgan fingerprint density at radius 2 is 2.75 bits per heavy atom. The number of hydroxylamine groups is 1. The number of nitrogens with one attached hydrogen (secondary N) is 1. The van der Waals surface area contributed by atoms with Crippen LogP contribution in [-0.4, -0.2) is 6.10 Å². The van der Waals surface area contributed by atoms with Crippen LogP contribution in [0.1, 0.15) is 12.8 Å². The summed E-state index contributed by atoms with van der Waals surface area (Å²) in [6, 6.07) is 1.22. The predicted octanol–water partition coefficient (Wildman–Crippen LogP) is 0.772. The first kappa shape index (κ1) is 4.53. The van der Waals surface area contributed by atoms with E-state index in [0.29, 0.717) is 6.10 Å². The molecule has 0 aromatic carbocycles. The van der Waals surface area contributed by atoms with Crippen LogP contribution in [0.5, 0.6) is 0 Å². The van der Waals surface area contributed by atoms with Crippen molar-refractivity contribution in [2.45, 2.75) is 18.9 Å². The summed E-state index contributed by atoms with van der Waals surface area (Å²) in [7, 11) is 0. The molecule has 1 atom stereocenters. The molecule has 1 fully saturated rings. The molecule has 2 aliphatic heterocycles. The average molecular weight is 110 g/mol. The lowest BCUT2D eigenvalue weighted by atomic mass is 10.00. The van der Waals surface area contributed by atoms with Gasteiger partial charge in [-0.15, -0.1) is 0 Å². The van der Waals surface area contributed by atoms with Gasteiger partial charge < -0.3 is 0 Å². The van der Waals surface area contributed by atoms with E-state index in [2.05, 4.69) is 17.6 Å². The van der Waals surface area contributed by atoms with Crippen LogP contribution in [0.15, 0.2) is 12.2 Å². The lowest BCUT2D eigenvalue weighted by Crippen LogP contribution is -2.35. The summed E-state index contributed by atoms with van der Waals surface area (Å²) < 4.78 is 0. The third kappa shape index (κ3) is 0.572. The smallest absolute Gasteiger partial charge is 0.0973 e. The van der Waals surface area contributed by atoms with E-state index in [1.165, 1.54) is 6.04 Å². The topological polar surface area (TPSA) is 21.3 Å². The summed E-state index contributed by atoms with van der Waals surface area (Å²) in [6.07, 6.45) is 6.83. The van der Waals surface area contributed by atoms with E-state index in [0.717, 1.165) is 12.8 Å². The van der Waals surface area contributed by atoms with Crippen LogP contribution < -0.4 is 5.48 Å². The molecule has 0 saturated carbocycles. The molecule has 0 aromatic heterocycles. The van der Waals surface area contributed by atoms with E-state index in [9.17, 15) is 0 Å². The number of fused-ring (bicyclic) bond motifs is 2. The van der Waals surface area contributed by atoms with Gasteiger partial charge in [0.15, 0.2) is 0 Å². The molecule has 2 heteroatoms. The van der Waals surface area contributed by atoms with Crippen molar-refractivity contribution in [3.63, 3.8) is 0 Å². The van der Waals surface area contributed by atoms with Crippen molar-refractivity contribution < 1.29 is 4.84 Å². The van der Waals surface area contributed by atoms with E-state index in [1.54, 1.807) is 0 Å². The zero-order valence-corrected chi connectivity index (χ0v) is 4.55. The molecular weight excluding hydrogens is 102 g/mol. The molecule has 1 N–H and O–H groups in total. The molecule has 0 aromatic rings. The average Bonchev–Trinajstić information content (AvgIpc) is 1.92. The van der Waals surface area contributed by atoms with Crippen LogP contribution in [0.3, 0.4) is 0 Å². The standard InChI is InChI=1S/C6H8NO/c1-3-6-4-2-5(1)7-8-6/h1,3,6-7H,2,4H2. The molecule has 2 bridgehead atoms. The van der Waals surface area contributed by atoms with Crippen molar-refractivity contribution in [1.82, 2.24) is 5.48 Å². The molecule has 2 heterocycles. The summed E-state index contributed by atoms with van der Waals surface area (Å²) in [5, 5.41) is 0. The first-order chi connectivity index (χ1) is 3.95. The second-order valence-corrected chi connectivity index (χ2v) is 2.18. The Hall–Kier alpha value is -0.340. The van der Waals surface area contributed by atoms with Crippen molar-refractivity contribution in [3.05, 3.63) is 18.2 Å². The van der Waals surface area contributed by atoms with Crippen molar-refractivity contribution in [2.75, 3.05) is 0 Å². The largest absolute Gasteiger partial charge is 0.293 e. The first-order valence-electron chi connectivity index (χ1n) is 2.91. The summed E-state index contributed by atoms with van der Waals surface area (Å²) in [6.45, 7) is 0. The van der Waals surface area contributed by atoms with Crippen LogP contribution in [0.25, 0.3) is 0 Å². The van der Waals surface area contributed by atoms with Gasteiger partial charge in [0.25, 0.3) is 0 Å². The van der Waals surface area contributed by atoms with Crippen LogP contribution in [0, 0.1) is 6.04 Å². The third-order valence-electron chi connectivity index (χ3n) is 1.55. The van der Waals surface area contributed by atoms with Crippen molar-refractivity contribution in [3.8, 4) is 0 Å². The van der Waals surface area contributed by atoms with E-state index < -0.39 is 0 Å². The van der Waals surface area contributed by atoms with Gasteiger partial charge in [0.05, 0.1) is 12.1 Å². The van der Waals surface area contributed by atoms with Gasteiger partial charge >= 0.3 is 0 Å². The van der Waals surface area contributed by atoms with Crippen LogP contribution >= 0.6 is 0 Å². The molecule has 1 saturated heterocycles. The first-order valence-corrected chi connectivity index (χ1v) is 2.91. The predicted molar refractivity (Wildman–Crippen MR) is 29.6 cm³/mol. The fourth-order valence-corrected chi connectivity index (χ4v) is 1.04. The summed E-state index contributed by atoms with van der Waals surface area (Å²) in [5.74, 6) is 0. The Bertz CT molecular complexity index is 99.7. The Labute approximate surface area is 48.5 Å². The fraction of sp³-hybridized carbons (Fsp3) is 0.500. The molecular formula is C6H8NO. The molecule has 1 aliphatic carbocycles. The zero-order chi connectivity index (χ0) is 5.40. The van der Waals surface area contributed by atoms with Crippen molar-refractivity contribution >= 4 is 0 Å². The molecule has 0 amide bonds. The molecule has 1 radical (unpaired) electrons. The quantitative estimate of drug-likeness (QED) is 0.497. The summed E-state index contributed by atoms with van der Waals surface area (Å²) in [4.78, 5) is 5.10. The highest BCUT2D eigenvalue weighted by molar-refractivity contribution is 5.15. The second kappa shape index (κ2) is 1.57. The Morgan fingerprint density at radius 3 is 2.88 bits per heavy atom. The van der Waals surface area contributed by atoms with Crippen molar-refractivity contribution in [1.29, 1.82) is 0 Å². The zero-order valence-electron chi connectivity index (χ0n) is 4.55. The lowest BCUT2D eigenvalue weighted by molar-refractivity contribution is -0.0304. The highest BCUT2D eigenvalue weighted by atomic mass is 16.7. The second-order valence-electron chi connectivity index (χ2n) is 2.18. The molecule has 0 spiro atoms. The minimum absolute atomic E-state index is 0.340. The minimum Gasteiger partial charge on any atom is -0.293 e. The lowest BCUT2D eigenvalue weighted by Gasteiger charge is -2.29. The summed E-state index contributed by atoms with van der Waals surface area (Å²) >= 11 is 0. The van der Waals surface area contributed by atoms with Gasteiger partial charge in [0, 0.05) is 0 Å². The number of hydrogen-bond acceptors (Lipinski definition) is 2. The van der Waals surface area contributed by atoms with Crippen LogP contribution in [-0.2, 0) is 4.84 Å². The maximum Gasteiger partial charge on any atom is 0.0973 e. The SMILES string of the molecule is C1=CC2CC[C]1NO2. The highest BCUT2D eigenvalue weighted by Crippen LogP contribution is 2.23. The van der Waals surface area contributed by atoms with Gasteiger partial charge in [-0.1, -0.05) is 12.2 Å². The maximum absolute atomic E-state index is 5.10. The van der Waals surface area contributed by atoms with Crippen molar-refractivity contribution in [2.24, 2.45) is 0 Å². The molecule has 43 valence electrons. The Morgan fingerprint density at radius 1 is 1.75 bits per heavy atom. The van der Waals surface area contributed by atoms with Gasteiger partial charge in [0.1, 0.15) is 0 Å². The molecule has 3 rings (SSSR count). The van der Waals surface area contributed by atoms with Gasteiger partial charge in [-0.25, -0.2) is 0 Å². The van der Waals surface area contributed by atoms with Gasteiger partial charge in [-0.3, -0.25) is 4.84 Å². The molecule has 3 aliphatic rings. The van der Waals surface area contributed by atoms with E-state index in [1.807, 2.05) is 0 Å². The third-order valence-corrected chi connectivity index (χ3v) is 1.55. The molecule has 8 heavy (non-hydrogen) atoms. The Balaban J connectivity index is 2.20. The molecule has 2 nitrogen and oxygen atoms in total. The number of rotatable bonds is 0. The monoisotopic (exact) mass is 110 g/mol. The van der Waals surface area contributed by atoms with Crippen LogP contribution in [0.2, 0.25) is 0 Å². The molecule has 1 unspecified atom stereocenters. The highest BCUT2D eigenvalue weighted by Gasteiger charge is 2.22. The van der Waals surface area contributed by atoms with Gasteiger partial charge in [-0.05, 0) is 12.8 Å². The fourth-order valence-electron chi connectivity index (χ4n) is 1.04. The summed E-state index contributed by atoms with van der Waals surface area (Å²) in [5.41, 5.74) is 2.85. The van der Waals surface area contributed by atoms with Gasteiger partial charge in [-0.2, -0.15) is 5.48 Å². The minimum atomic E-state index is 0.340. The Kier molecular flexibility index (Phi) is 0.889. The normalized spacial score (nSPS) is 36.2. The maximum atomic E-state index is 5.10. The van der Waals surface area contributed by atoms with E-state index in [4.69, 9.17) is 4.84 Å². The number of hydrogen-bond donors (Lipinski definition) is 1. The van der Waals surface area contributed by atoms with Crippen LogP contribution in [0.4, 0.5) is 0 Å². The van der Waals surface area contributed by atoms with Gasteiger partial charge in [0.2, 0.25) is 0 Å². The van der Waals surface area contributed by atoms with E-state index >= 15 is 0 Å².